The number of hydrogen-bond acceptors (Lipinski definition) is 4. The van der Waals surface area contributed by atoms with Crippen LogP contribution in [0.3, 0.4) is 0 Å². The van der Waals surface area contributed by atoms with Gasteiger partial charge in [0.05, 0.1) is 5.69 Å². The summed E-state index contributed by atoms with van der Waals surface area (Å²) in [4.78, 5) is 14.8. The molecular formula is C26H37NO4. The Labute approximate surface area is 186 Å². The van der Waals surface area contributed by atoms with Crippen LogP contribution in [0.25, 0.3) is 0 Å². The molecule has 1 aliphatic carbocycles. The van der Waals surface area contributed by atoms with Crippen LogP contribution in [0.5, 0.6) is 11.5 Å². The highest BCUT2D eigenvalue weighted by atomic mass is 16.6. The van der Waals surface area contributed by atoms with Crippen molar-refractivity contribution in [2.45, 2.75) is 84.7 Å². The average Bonchev–Trinajstić information content (AvgIpc) is 2.65. The van der Waals surface area contributed by atoms with E-state index in [4.69, 9.17) is 4.74 Å². The quantitative estimate of drug-likeness (QED) is 0.523. The van der Waals surface area contributed by atoms with Crippen LogP contribution in [0.15, 0.2) is 29.9 Å². The molecule has 1 aromatic carbocycles. The summed E-state index contributed by atoms with van der Waals surface area (Å²) >= 11 is 0. The monoisotopic (exact) mass is 427 g/mol. The smallest absolute Gasteiger partial charge is 0.414 e. The lowest BCUT2D eigenvalue weighted by Crippen LogP contribution is -2.41. The topological polar surface area (TPSA) is 70.0 Å². The zero-order chi connectivity index (χ0) is 23.1. The third-order valence-electron chi connectivity index (χ3n) is 6.54. The van der Waals surface area contributed by atoms with E-state index in [1.807, 2.05) is 27.7 Å². The van der Waals surface area contributed by atoms with Gasteiger partial charge in [-0.25, -0.2) is 4.79 Å². The van der Waals surface area contributed by atoms with Gasteiger partial charge in [-0.2, -0.15) is 0 Å². The normalized spacial score (nSPS) is 23.7. The van der Waals surface area contributed by atoms with Gasteiger partial charge in [-0.1, -0.05) is 30.7 Å². The Morgan fingerprint density at radius 3 is 2.45 bits per heavy atom. The van der Waals surface area contributed by atoms with Crippen LogP contribution in [-0.4, -0.2) is 28.5 Å². The van der Waals surface area contributed by atoms with Crippen molar-refractivity contribution in [3.8, 4) is 11.5 Å². The Hall–Kier alpha value is -2.43. The van der Waals surface area contributed by atoms with E-state index in [0.29, 0.717) is 17.8 Å². The fraction of sp³-hybridized carbons (Fsp3) is 0.577. The number of carbonyl (C=O) groups is 1. The van der Waals surface area contributed by atoms with Gasteiger partial charge in [0.1, 0.15) is 17.1 Å². The summed E-state index contributed by atoms with van der Waals surface area (Å²) in [6.45, 7) is 16.4. The lowest BCUT2D eigenvalue weighted by Gasteiger charge is -2.40. The third-order valence-corrected chi connectivity index (χ3v) is 6.54. The van der Waals surface area contributed by atoms with Gasteiger partial charge >= 0.3 is 6.09 Å². The molecule has 170 valence electrons. The highest BCUT2D eigenvalue weighted by Gasteiger charge is 2.39. The maximum Gasteiger partial charge on any atom is 0.414 e. The number of amides is 1. The Morgan fingerprint density at radius 1 is 1.23 bits per heavy atom. The number of benzene rings is 1. The molecule has 0 spiro atoms. The molecule has 0 fully saturated rings. The van der Waals surface area contributed by atoms with Crippen LogP contribution in [0.2, 0.25) is 0 Å². The van der Waals surface area contributed by atoms with Gasteiger partial charge in [-0.15, -0.1) is 0 Å². The highest BCUT2D eigenvalue weighted by molar-refractivity contribution is 5.93. The number of carbonyl (C=O) groups excluding carboxylic acids is 1. The van der Waals surface area contributed by atoms with Crippen molar-refractivity contribution < 1.29 is 19.7 Å². The van der Waals surface area contributed by atoms with Crippen molar-refractivity contribution in [3.05, 3.63) is 41.0 Å². The van der Waals surface area contributed by atoms with E-state index in [9.17, 15) is 15.0 Å². The number of allylic oxidation sites excluding steroid dienone is 3. The predicted octanol–water partition coefficient (Wildman–Crippen LogP) is 6.75. The van der Waals surface area contributed by atoms with E-state index in [1.54, 1.807) is 4.90 Å². The molecule has 2 aliphatic rings. The summed E-state index contributed by atoms with van der Waals surface area (Å²) in [7, 11) is 0. The Bertz CT molecular complexity index is 909. The summed E-state index contributed by atoms with van der Waals surface area (Å²) in [5.74, 6) is 0.223. The minimum Gasteiger partial charge on any atom is -0.507 e. The summed E-state index contributed by atoms with van der Waals surface area (Å²) in [5, 5.41) is 21.9. The van der Waals surface area contributed by atoms with Gasteiger partial charge in [0, 0.05) is 29.7 Å². The molecule has 31 heavy (non-hydrogen) atoms. The second-order valence-electron chi connectivity index (χ2n) is 10.1. The van der Waals surface area contributed by atoms with E-state index >= 15 is 0 Å². The molecule has 5 heteroatoms. The first-order chi connectivity index (χ1) is 14.4. The van der Waals surface area contributed by atoms with Gasteiger partial charge < -0.3 is 14.9 Å². The minimum atomic E-state index is -0.639. The molecule has 1 aromatic rings. The van der Waals surface area contributed by atoms with Crippen molar-refractivity contribution in [2.24, 2.45) is 5.92 Å². The second kappa shape index (κ2) is 8.60. The fourth-order valence-corrected chi connectivity index (χ4v) is 5.05. The zero-order valence-corrected chi connectivity index (χ0v) is 19.8. The number of phenolic OH excluding ortho intramolecular Hbond substituents is 2. The van der Waals surface area contributed by atoms with Gasteiger partial charge in [-0.05, 0) is 72.1 Å². The maximum absolute atomic E-state index is 13.2. The molecule has 3 rings (SSSR count). The lowest BCUT2D eigenvalue weighted by atomic mass is 9.72. The molecular weight excluding hydrogens is 390 g/mol. The molecule has 1 amide bonds. The first-order valence-corrected chi connectivity index (χ1v) is 11.4. The molecule has 2 N–H and O–H groups in total. The molecule has 0 saturated heterocycles. The SMILES string of the molecule is C=C(C)[C@@H]1CCC(C)=C[C@H]1c1c(O)cc(O)c2c1N(C(=O)OC(C)(C)C)CC[C@H]2CC. The van der Waals surface area contributed by atoms with Gasteiger partial charge in [0.25, 0.3) is 0 Å². The van der Waals surface area contributed by atoms with Gasteiger partial charge in [0.2, 0.25) is 0 Å². The van der Waals surface area contributed by atoms with Gasteiger partial charge in [0.15, 0.2) is 0 Å². The van der Waals surface area contributed by atoms with Crippen LogP contribution < -0.4 is 4.90 Å². The van der Waals surface area contributed by atoms with E-state index < -0.39 is 11.7 Å². The van der Waals surface area contributed by atoms with E-state index in [0.717, 1.165) is 36.8 Å². The first kappa shape index (κ1) is 23.2. The predicted molar refractivity (Wildman–Crippen MR) is 125 cm³/mol. The number of hydrogen-bond donors (Lipinski definition) is 2. The van der Waals surface area contributed by atoms with Crippen molar-refractivity contribution in [3.63, 3.8) is 0 Å². The molecule has 0 aromatic heterocycles. The molecule has 3 atom stereocenters. The van der Waals surface area contributed by atoms with Crippen molar-refractivity contribution in [1.29, 1.82) is 0 Å². The summed E-state index contributed by atoms with van der Waals surface area (Å²) in [5.41, 5.74) is 3.73. The molecule has 5 nitrogen and oxygen atoms in total. The van der Waals surface area contributed by atoms with Crippen LogP contribution in [0.1, 0.15) is 90.2 Å². The largest absolute Gasteiger partial charge is 0.507 e. The van der Waals surface area contributed by atoms with Crippen LogP contribution in [0.4, 0.5) is 10.5 Å². The standard InChI is InChI=1S/C26H37NO4/c1-8-17-11-12-27(25(30)31-26(5,6)7)24-22(17)20(28)14-21(29)23(24)19-13-16(4)9-10-18(19)15(2)3/h13-14,17-19,28-29H,2,8-12H2,1,3-7H3/t17-,18+,19-/m1/s1. The van der Waals surface area contributed by atoms with Crippen LogP contribution >= 0.6 is 0 Å². The summed E-state index contributed by atoms with van der Waals surface area (Å²) in [6, 6.07) is 1.45. The number of nitrogens with zero attached hydrogens (tertiary/aromatic N) is 1. The maximum atomic E-state index is 13.2. The number of aromatic hydroxyl groups is 2. The molecule has 0 radical (unpaired) electrons. The number of ether oxygens (including phenoxy) is 1. The Morgan fingerprint density at radius 2 is 1.87 bits per heavy atom. The molecule has 1 heterocycles. The summed E-state index contributed by atoms with van der Waals surface area (Å²) < 4.78 is 5.71. The summed E-state index contributed by atoms with van der Waals surface area (Å²) in [6.07, 6.45) is 5.26. The number of rotatable bonds is 3. The second-order valence-corrected chi connectivity index (χ2v) is 10.1. The van der Waals surface area contributed by atoms with E-state index in [1.165, 1.54) is 11.6 Å². The lowest BCUT2D eigenvalue weighted by molar-refractivity contribution is 0.0576. The van der Waals surface area contributed by atoms with Gasteiger partial charge in [-0.3, -0.25) is 4.90 Å². The van der Waals surface area contributed by atoms with Crippen molar-refractivity contribution in [1.82, 2.24) is 0 Å². The number of fused-ring (bicyclic) bond motifs is 1. The van der Waals surface area contributed by atoms with E-state index in [-0.39, 0.29) is 29.3 Å². The van der Waals surface area contributed by atoms with Crippen LogP contribution in [0, 0.1) is 5.92 Å². The fourth-order valence-electron chi connectivity index (χ4n) is 5.05. The van der Waals surface area contributed by atoms with Crippen molar-refractivity contribution >= 4 is 11.8 Å². The highest BCUT2D eigenvalue weighted by Crippen LogP contribution is 2.53. The molecule has 1 aliphatic heterocycles. The molecule has 0 bridgehead atoms. The molecule has 0 saturated carbocycles. The third kappa shape index (κ3) is 4.60. The average molecular weight is 428 g/mol. The zero-order valence-electron chi connectivity index (χ0n) is 19.8. The Kier molecular flexibility index (Phi) is 6.45. The number of phenols is 2. The molecule has 0 unspecified atom stereocenters. The van der Waals surface area contributed by atoms with Crippen LogP contribution in [-0.2, 0) is 4.74 Å². The number of anilines is 1. The minimum absolute atomic E-state index is 0.0174. The first-order valence-electron chi connectivity index (χ1n) is 11.4. The van der Waals surface area contributed by atoms with Crippen molar-refractivity contribution in [2.75, 3.05) is 11.4 Å². The Balaban J connectivity index is 2.27. The van der Waals surface area contributed by atoms with E-state index in [2.05, 4.69) is 26.5 Å².